The highest BCUT2D eigenvalue weighted by Gasteiger charge is 2.19. The summed E-state index contributed by atoms with van der Waals surface area (Å²) in [6, 6.07) is 6.16. The molecule has 0 spiro atoms. The predicted molar refractivity (Wildman–Crippen MR) is 81.3 cm³/mol. The second kappa shape index (κ2) is 5.30. The molecule has 0 bridgehead atoms. The third-order valence-electron chi connectivity index (χ3n) is 3.33. The number of halogens is 1. The van der Waals surface area contributed by atoms with Crippen molar-refractivity contribution in [2.45, 2.75) is 6.04 Å². The minimum Gasteiger partial charge on any atom is -0.308 e. The van der Waals surface area contributed by atoms with Crippen LogP contribution in [0.3, 0.4) is 0 Å². The maximum absolute atomic E-state index is 4.36. The van der Waals surface area contributed by atoms with E-state index in [-0.39, 0.29) is 6.04 Å². The number of rotatable bonds is 3. The molecule has 0 fully saturated rings. The molecule has 1 atom stereocenters. The summed E-state index contributed by atoms with van der Waals surface area (Å²) in [4.78, 5) is 8.66. The molecule has 2 heterocycles. The Hall–Kier alpha value is -1.79. The van der Waals surface area contributed by atoms with Crippen molar-refractivity contribution in [1.82, 2.24) is 25.1 Å². The Morgan fingerprint density at radius 3 is 2.60 bits per heavy atom. The van der Waals surface area contributed by atoms with E-state index in [1.807, 2.05) is 24.8 Å². The number of hydrogen-bond acceptors (Lipinski definition) is 4. The van der Waals surface area contributed by atoms with Crippen molar-refractivity contribution < 1.29 is 0 Å². The van der Waals surface area contributed by atoms with Gasteiger partial charge in [0.05, 0.1) is 33.4 Å². The van der Waals surface area contributed by atoms with Gasteiger partial charge in [0, 0.05) is 19.4 Å². The van der Waals surface area contributed by atoms with Crippen LogP contribution in [0.15, 0.2) is 41.3 Å². The summed E-state index contributed by atoms with van der Waals surface area (Å²) in [6.07, 6.45) is 5.22. The smallest absolute Gasteiger partial charge is 0.0890 e. The van der Waals surface area contributed by atoms with Gasteiger partial charge in [0.15, 0.2) is 0 Å². The first-order chi connectivity index (χ1) is 9.70. The summed E-state index contributed by atoms with van der Waals surface area (Å²) in [5.41, 5.74) is 4.00. The molecule has 6 heteroatoms. The zero-order valence-corrected chi connectivity index (χ0v) is 12.8. The maximum atomic E-state index is 4.36. The number of aromatic nitrogens is 4. The molecule has 5 nitrogen and oxygen atoms in total. The third-order valence-corrected chi connectivity index (χ3v) is 3.94. The average Bonchev–Trinajstić information content (AvgIpc) is 2.80. The van der Waals surface area contributed by atoms with Crippen molar-refractivity contribution in [2.75, 3.05) is 7.05 Å². The van der Waals surface area contributed by atoms with Crippen molar-refractivity contribution in [3.8, 4) is 0 Å². The van der Waals surface area contributed by atoms with E-state index in [1.54, 1.807) is 18.6 Å². The fraction of sp³-hybridized carbons (Fsp3) is 0.214. The van der Waals surface area contributed by atoms with Gasteiger partial charge in [-0.05, 0) is 40.7 Å². The molecule has 20 heavy (non-hydrogen) atoms. The number of fused-ring (bicyclic) bond motifs is 1. The van der Waals surface area contributed by atoms with Gasteiger partial charge in [-0.25, -0.2) is 0 Å². The van der Waals surface area contributed by atoms with Crippen LogP contribution >= 0.6 is 15.9 Å². The van der Waals surface area contributed by atoms with E-state index >= 15 is 0 Å². The van der Waals surface area contributed by atoms with Gasteiger partial charge >= 0.3 is 0 Å². The molecule has 0 radical (unpaired) electrons. The topological polar surface area (TPSA) is 55.6 Å². The number of hydrogen-bond donors (Lipinski definition) is 1. The van der Waals surface area contributed by atoms with E-state index in [2.05, 4.69) is 48.4 Å². The molecular weight excluding hydrogens is 318 g/mol. The Morgan fingerprint density at radius 1 is 1.20 bits per heavy atom. The largest absolute Gasteiger partial charge is 0.308 e. The molecule has 3 rings (SSSR count). The Bertz CT molecular complexity index is 733. The minimum absolute atomic E-state index is 0.0447. The van der Waals surface area contributed by atoms with Crippen LogP contribution in [0.5, 0.6) is 0 Å². The van der Waals surface area contributed by atoms with Crippen molar-refractivity contribution in [1.29, 1.82) is 0 Å². The highest BCUT2D eigenvalue weighted by Crippen LogP contribution is 2.28. The third kappa shape index (κ3) is 2.21. The van der Waals surface area contributed by atoms with Crippen LogP contribution < -0.4 is 5.32 Å². The quantitative estimate of drug-likeness (QED) is 0.800. The fourth-order valence-electron chi connectivity index (χ4n) is 2.37. The van der Waals surface area contributed by atoms with Crippen LogP contribution in [0.4, 0.5) is 0 Å². The molecule has 2 aromatic heterocycles. The number of aryl methyl sites for hydroxylation is 1. The van der Waals surface area contributed by atoms with Crippen LogP contribution in [0.1, 0.15) is 17.3 Å². The zero-order valence-electron chi connectivity index (χ0n) is 11.2. The van der Waals surface area contributed by atoms with Gasteiger partial charge in [-0.1, -0.05) is 6.07 Å². The van der Waals surface area contributed by atoms with Gasteiger partial charge in [0.2, 0.25) is 0 Å². The molecule has 1 N–H and O–H groups in total. The first kappa shape index (κ1) is 13.2. The lowest BCUT2D eigenvalue weighted by Crippen LogP contribution is -2.21. The highest BCUT2D eigenvalue weighted by molar-refractivity contribution is 9.10. The molecule has 1 aromatic carbocycles. The van der Waals surface area contributed by atoms with E-state index in [4.69, 9.17) is 0 Å². The molecular formula is C14H14BrN5. The molecule has 1 unspecified atom stereocenters. The van der Waals surface area contributed by atoms with Crippen LogP contribution in [0.2, 0.25) is 0 Å². The second-order valence-electron chi connectivity index (χ2n) is 4.53. The van der Waals surface area contributed by atoms with Crippen LogP contribution in [-0.2, 0) is 7.05 Å². The van der Waals surface area contributed by atoms with Gasteiger partial charge in [-0.2, -0.15) is 5.10 Å². The summed E-state index contributed by atoms with van der Waals surface area (Å²) in [5.74, 6) is 0. The Balaban J connectivity index is 2.12. The van der Waals surface area contributed by atoms with Crippen molar-refractivity contribution in [2.24, 2.45) is 7.05 Å². The van der Waals surface area contributed by atoms with E-state index in [1.165, 1.54) is 0 Å². The Kier molecular flexibility index (Phi) is 3.50. The lowest BCUT2D eigenvalue weighted by atomic mass is 10.0. The van der Waals surface area contributed by atoms with E-state index in [9.17, 15) is 0 Å². The fourth-order valence-corrected chi connectivity index (χ4v) is 2.94. The van der Waals surface area contributed by atoms with Gasteiger partial charge in [-0.15, -0.1) is 0 Å². The second-order valence-corrected chi connectivity index (χ2v) is 5.38. The zero-order chi connectivity index (χ0) is 14.1. The first-order valence-corrected chi connectivity index (χ1v) is 7.05. The van der Waals surface area contributed by atoms with Crippen molar-refractivity contribution in [3.05, 3.63) is 52.5 Å². The first-order valence-electron chi connectivity index (χ1n) is 6.26. The van der Waals surface area contributed by atoms with Gasteiger partial charge < -0.3 is 5.32 Å². The van der Waals surface area contributed by atoms with Crippen LogP contribution in [-0.4, -0.2) is 26.8 Å². The van der Waals surface area contributed by atoms with Gasteiger partial charge in [-0.3, -0.25) is 14.6 Å². The molecule has 0 aliphatic rings. The number of benzene rings is 1. The Labute approximate surface area is 125 Å². The molecule has 0 saturated heterocycles. The minimum atomic E-state index is 0.0447. The highest BCUT2D eigenvalue weighted by atomic mass is 79.9. The SMILES string of the molecule is CNC(c1ccc2nccnc2c1)c1c(Br)cnn1C. The van der Waals surface area contributed by atoms with Crippen LogP contribution in [0.25, 0.3) is 11.0 Å². The number of nitrogens with zero attached hydrogens (tertiary/aromatic N) is 4. The molecule has 0 aliphatic heterocycles. The summed E-state index contributed by atoms with van der Waals surface area (Å²) in [7, 11) is 3.87. The molecule has 3 aromatic rings. The summed E-state index contributed by atoms with van der Waals surface area (Å²) in [5, 5.41) is 7.60. The van der Waals surface area contributed by atoms with E-state index in [0.29, 0.717) is 0 Å². The molecule has 0 aliphatic carbocycles. The average molecular weight is 332 g/mol. The molecule has 0 amide bonds. The maximum Gasteiger partial charge on any atom is 0.0890 e. The molecule has 0 saturated carbocycles. The lowest BCUT2D eigenvalue weighted by Gasteiger charge is -2.18. The van der Waals surface area contributed by atoms with E-state index < -0.39 is 0 Å². The summed E-state index contributed by atoms with van der Waals surface area (Å²) >= 11 is 3.55. The molecule has 102 valence electrons. The number of nitrogens with one attached hydrogen (secondary N) is 1. The van der Waals surface area contributed by atoms with Crippen LogP contribution in [0, 0.1) is 0 Å². The van der Waals surface area contributed by atoms with Gasteiger partial charge in [0.1, 0.15) is 0 Å². The van der Waals surface area contributed by atoms with E-state index in [0.717, 1.165) is 26.8 Å². The Morgan fingerprint density at radius 2 is 1.95 bits per heavy atom. The standard InChI is InChI=1S/C14H14BrN5/c1-16-13(14-10(15)8-19-20(14)2)9-3-4-11-12(7-9)18-6-5-17-11/h3-8,13,16H,1-2H3. The summed E-state index contributed by atoms with van der Waals surface area (Å²) in [6.45, 7) is 0. The lowest BCUT2D eigenvalue weighted by molar-refractivity contribution is 0.604. The normalized spacial score (nSPS) is 12.8. The van der Waals surface area contributed by atoms with Crippen molar-refractivity contribution >= 4 is 27.0 Å². The van der Waals surface area contributed by atoms with Gasteiger partial charge in [0.25, 0.3) is 0 Å². The van der Waals surface area contributed by atoms with Crippen molar-refractivity contribution in [3.63, 3.8) is 0 Å². The monoisotopic (exact) mass is 331 g/mol. The predicted octanol–water partition coefficient (Wildman–Crippen LogP) is 2.43. The summed E-state index contributed by atoms with van der Waals surface area (Å²) < 4.78 is 2.85.